The predicted molar refractivity (Wildman–Crippen MR) is 120 cm³/mol. The van der Waals surface area contributed by atoms with E-state index in [1.54, 1.807) is 64.1 Å². The first-order chi connectivity index (χ1) is 14.5. The molecule has 0 heterocycles. The van der Waals surface area contributed by atoms with Crippen LogP contribution in [0.4, 0.5) is 5.69 Å². The monoisotopic (exact) mass is 442 g/mol. The molecule has 0 aromatic heterocycles. The molecule has 8 heteroatoms. The molecular weight excluding hydrogens is 416 g/mol. The minimum atomic E-state index is -0.615. The van der Waals surface area contributed by atoms with Crippen LogP contribution in [-0.2, 0) is 14.3 Å². The number of ketones is 1. The topological polar surface area (TPSA) is 116 Å². The van der Waals surface area contributed by atoms with Gasteiger partial charge in [0.15, 0.2) is 12.4 Å². The van der Waals surface area contributed by atoms with Crippen molar-refractivity contribution in [2.24, 2.45) is 11.1 Å². The molecule has 1 atom stereocenters. The van der Waals surface area contributed by atoms with Gasteiger partial charge in [-0.3, -0.25) is 14.4 Å². The standard InChI is InChI=1S/C23H26N2O5S/c1-14(21(28)25-16-11-9-15(10-12-16)20(24)27)31-18-8-6-5-7-17(18)22(29)30-13-19(26)23(2,3)4/h5-12,14H,13H2,1-4H3,(H2,24,27)(H,25,28)/t14-/m0/s1. The molecule has 0 saturated heterocycles. The number of nitrogens with two attached hydrogens (primary N) is 1. The number of hydrogen-bond donors (Lipinski definition) is 2. The van der Waals surface area contributed by atoms with Gasteiger partial charge >= 0.3 is 5.97 Å². The average Bonchev–Trinajstić information content (AvgIpc) is 2.71. The van der Waals surface area contributed by atoms with Crippen molar-refractivity contribution in [1.29, 1.82) is 0 Å². The number of carbonyl (C=O) groups excluding carboxylic acids is 4. The number of primary amides is 1. The molecule has 0 unspecified atom stereocenters. The van der Waals surface area contributed by atoms with Gasteiger partial charge in [0.1, 0.15) is 0 Å². The van der Waals surface area contributed by atoms with E-state index in [9.17, 15) is 19.2 Å². The Balaban J connectivity index is 2.03. The van der Waals surface area contributed by atoms with E-state index in [1.165, 1.54) is 23.9 Å². The molecule has 0 bridgehead atoms. The van der Waals surface area contributed by atoms with E-state index in [0.29, 0.717) is 21.7 Å². The van der Waals surface area contributed by atoms with Crippen molar-refractivity contribution in [2.75, 3.05) is 11.9 Å². The van der Waals surface area contributed by atoms with Crippen LogP contribution in [0, 0.1) is 5.41 Å². The zero-order valence-corrected chi connectivity index (χ0v) is 18.7. The van der Waals surface area contributed by atoms with Crippen LogP contribution in [0.15, 0.2) is 53.4 Å². The Morgan fingerprint density at radius 2 is 1.65 bits per heavy atom. The molecule has 0 aliphatic carbocycles. The molecule has 3 N–H and O–H groups in total. The van der Waals surface area contributed by atoms with Gasteiger partial charge in [-0.2, -0.15) is 0 Å². The maximum absolute atomic E-state index is 12.6. The van der Waals surface area contributed by atoms with Crippen LogP contribution in [-0.4, -0.2) is 35.4 Å². The van der Waals surface area contributed by atoms with Gasteiger partial charge in [0.25, 0.3) is 0 Å². The molecule has 2 amide bonds. The van der Waals surface area contributed by atoms with E-state index < -0.39 is 22.5 Å². The second-order valence-electron chi connectivity index (χ2n) is 7.94. The first-order valence-electron chi connectivity index (χ1n) is 9.66. The van der Waals surface area contributed by atoms with E-state index >= 15 is 0 Å². The normalized spacial score (nSPS) is 12.0. The fourth-order valence-electron chi connectivity index (χ4n) is 2.37. The number of anilines is 1. The zero-order chi connectivity index (χ0) is 23.2. The lowest BCUT2D eigenvalue weighted by atomic mass is 9.91. The lowest BCUT2D eigenvalue weighted by Gasteiger charge is -2.17. The second-order valence-corrected chi connectivity index (χ2v) is 9.32. The van der Waals surface area contributed by atoms with Crippen LogP contribution in [0.3, 0.4) is 0 Å². The number of esters is 1. The summed E-state index contributed by atoms with van der Waals surface area (Å²) in [5, 5.41) is 2.23. The largest absolute Gasteiger partial charge is 0.454 e. The van der Waals surface area contributed by atoms with Crippen LogP contribution in [0.2, 0.25) is 0 Å². The van der Waals surface area contributed by atoms with Crippen molar-refractivity contribution in [3.8, 4) is 0 Å². The highest BCUT2D eigenvalue weighted by atomic mass is 32.2. The number of carbonyl (C=O) groups is 4. The second kappa shape index (κ2) is 10.3. The number of rotatable bonds is 8. The lowest BCUT2D eigenvalue weighted by molar-refractivity contribution is -0.129. The molecule has 0 aliphatic rings. The number of Topliss-reactive ketones (excluding diaryl/α,β-unsaturated/α-hetero) is 1. The predicted octanol–water partition coefficient (Wildman–Crippen LogP) is 3.68. The Hall–Kier alpha value is -3.13. The third kappa shape index (κ3) is 6.96. The third-order valence-corrected chi connectivity index (χ3v) is 5.57. The van der Waals surface area contributed by atoms with Crippen LogP contribution < -0.4 is 11.1 Å². The van der Waals surface area contributed by atoms with E-state index in [1.807, 2.05) is 0 Å². The number of hydrogen-bond acceptors (Lipinski definition) is 6. The molecule has 0 saturated carbocycles. The van der Waals surface area contributed by atoms with Gasteiger partial charge in [-0.05, 0) is 43.3 Å². The Kier molecular flexibility index (Phi) is 7.99. The van der Waals surface area contributed by atoms with Crippen molar-refractivity contribution in [2.45, 2.75) is 37.8 Å². The van der Waals surface area contributed by atoms with Crippen molar-refractivity contribution >= 4 is 41.0 Å². The van der Waals surface area contributed by atoms with Crippen molar-refractivity contribution in [1.82, 2.24) is 0 Å². The molecule has 2 aromatic carbocycles. The molecule has 31 heavy (non-hydrogen) atoms. The van der Waals surface area contributed by atoms with Crippen molar-refractivity contribution < 1.29 is 23.9 Å². The van der Waals surface area contributed by atoms with Gasteiger partial charge in [-0.15, -0.1) is 11.8 Å². The van der Waals surface area contributed by atoms with Crippen molar-refractivity contribution in [3.05, 3.63) is 59.7 Å². The van der Waals surface area contributed by atoms with Gasteiger partial charge in [0.05, 0.1) is 10.8 Å². The quantitative estimate of drug-likeness (QED) is 0.476. The number of nitrogens with one attached hydrogen (secondary N) is 1. The fraction of sp³-hybridized carbons (Fsp3) is 0.304. The summed E-state index contributed by atoms with van der Waals surface area (Å²) in [6.07, 6.45) is 0. The highest BCUT2D eigenvalue weighted by molar-refractivity contribution is 8.00. The molecule has 2 rings (SSSR count). The molecule has 0 fully saturated rings. The molecule has 164 valence electrons. The number of ether oxygens (including phenoxy) is 1. The zero-order valence-electron chi connectivity index (χ0n) is 17.9. The number of amides is 2. The first kappa shape index (κ1) is 24.1. The summed E-state index contributed by atoms with van der Waals surface area (Å²) in [6, 6.07) is 13.0. The highest BCUT2D eigenvalue weighted by Crippen LogP contribution is 2.28. The molecule has 0 spiro atoms. The summed E-state index contributed by atoms with van der Waals surface area (Å²) in [5.74, 6) is -1.62. The van der Waals surface area contributed by atoms with Crippen molar-refractivity contribution in [3.63, 3.8) is 0 Å². The summed E-state index contributed by atoms with van der Waals surface area (Å²) in [4.78, 5) is 48.8. The summed E-state index contributed by atoms with van der Waals surface area (Å²) >= 11 is 1.20. The Morgan fingerprint density at radius 3 is 2.23 bits per heavy atom. The maximum atomic E-state index is 12.6. The lowest BCUT2D eigenvalue weighted by Crippen LogP contribution is -2.26. The smallest absolute Gasteiger partial charge is 0.339 e. The van der Waals surface area contributed by atoms with E-state index in [4.69, 9.17) is 10.5 Å². The summed E-state index contributed by atoms with van der Waals surface area (Å²) in [6.45, 7) is 6.68. The van der Waals surface area contributed by atoms with Crippen LogP contribution in [0.1, 0.15) is 48.4 Å². The highest BCUT2D eigenvalue weighted by Gasteiger charge is 2.24. The minimum Gasteiger partial charge on any atom is -0.454 e. The summed E-state index contributed by atoms with van der Waals surface area (Å²) < 4.78 is 5.19. The Labute approximate surface area is 185 Å². The number of thioether (sulfide) groups is 1. The van der Waals surface area contributed by atoms with E-state index in [-0.39, 0.29) is 18.3 Å². The Morgan fingerprint density at radius 1 is 1.03 bits per heavy atom. The molecule has 0 radical (unpaired) electrons. The molecule has 2 aromatic rings. The summed E-state index contributed by atoms with van der Waals surface area (Å²) in [7, 11) is 0. The Bertz CT molecular complexity index is 980. The van der Waals surface area contributed by atoms with Crippen LogP contribution in [0.5, 0.6) is 0 Å². The van der Waals surface area contributed by atoms with E-state index in [2.05, 4.69) is 5.32 Å². The van der Waals surface area contributed by atoms with Gasteiger partial charge < -0.3 is 15.8 Å². The molecular formula is C23H26N2O5S. The minimum absolute atomic E-state index is 0.180. The molecule has 7 nitrogen and oxygen atoms in total. The third-order valence-electron chi connectivity index (χ3n) is 4.39. The first-order valence-corrected chi connectivity index (χ1v) is 10.5. The van der Waals surface area contributed by atoms with E-state index in [0.717, 1.165) is 0 Å². The maximum Gasteiger partial charge on any atom is 0.339 e. The van der Waals surface area contributed by atoms with Gasteiger partial charge in [0.2, 0.25) is 11.8 Å². The fourth-order valence-corrected chi connectivity index (χ4v) is 3.35. The van der Waals surface area contributed by atoms with Crippen LogP contribution >= 0.6 is 11.8 Å². The SMILES string of the molecule is C[C@H](Sc1ccccc1C(=O)OCC(=O)C(C)(C)C)C(=O)Nc1ccc(C(N)=O)cc1. The molecule has 0 aliphatic heterocycles. The van der Waals surface area contributed by atoms with Gasteiger partial charge in [-0.1, -0.05) is 32.9 Å². The van der Waals surface area contributed by atoms with Crippen LogP contribution in [0.25, 0.3) is 0 Å². The van der Waals surface area contributed by atoms with Gasteiger partial charge in [0, 0.05) is 21.6 Å². The summed E-state index contributed by atoms with van der Waals surface area (Å²) in [5.41, 5.74) is 5.77. The average molecular weight is 443 g/mol. The number of benzene rings is 2. The van der Waals surface area contributed by atoms with Gasteiger partial charge in [-0.25, -0.2) is 4.79 Å².